The van der Waals surface area contributed by atoms with E-state index in [-0.39, 0.29) is 0 Å². The van der Waals surface area contributed by atoms with Gasteiger partial charge in [0, 0.05) is 30.5 Å². The normalized spacial score (nSPS) is 10.2. The number of carbonyl (C=O) groups excluding carboxylic acids is 1. The maximum atomic E-state index is 11.8. The zero-order valence-electron chi connectivity index (χ0n) is 11.8. The number of nitrogen functional groups attached to an aromatic ring is 1. The SMILES string of the molecule is COC(=O)c1cccnc1N(C)Cc1cc(N)ccc1Cl. The van der Waals surface area contributed by atoms with Crippen molar-refractivity contribution in [2.45, 2.75) is 6.54 Å². The van der Waals surface area contributed by atoms with Crippen molar-refractivity contribution in [2.75, 3.05) is 24.8 Å². The summed E-state index contributed by atoms with van der Waals surface area (Å²) in [6, 6.07) is 8.66. The molecule has 5 nitrogen and oxygen atoms in total. The first-order chi connectivity index (χ1) is 10.0. The van der Waals surface area contributed by atoms with Gasteiger partial charge in [-0.15, -0.1) is 0 Å². The quantitative estimate of drug-likeness (QED) is 0.695. The van der Waals surface area contributed by atoms with Gasteiger partial charge in [-0.1, -0.05) is 11.6 Å². The number of methoxy groups -OCH3 is 1. The second-order valence-corrected chi connectivity index (χ2v) is 4.98. The van der Waals surface area contributed by atoms with Crippen molar-refractivity contribution in [3.05, 3.63) is 52.7 Å². The molecule has 0 radical (unpaired) electrons. The van der Waals surface area contributed by atoms with E-state index in [4.69, 9.17) is 22.1 Å². The number of carbonyl (C=O) groups is 1. The summed E-state index contributed by atoms with van der Waals surface area (Å²) in [7, 11) is 3.17. The summed E-state index contributed by atoms with van der Waals surface area (Å²) >= 11 is 6.16. The fraction of sp³-hybridized carbons (Fsp3) is 0.200. The fourth-order valence-electron chi connectivity index (χ4n) is 2.02. The summed E-state index contributed by atoms with van der Waals surface area (Å²) in [4.78, 5) is 17.9. The van der Waals surface area contributed by atoms with Crippen LogP contribution in [0.3, 0.4) is 0 Å². The molecule has 21 heavy (non-hydrogen) atoms. The number of benzene rings is 1. The predicted octanol–water partition coefficient (Wildman–Crippen LogP) is 2.74. The molecule has 1 aromatic carbocycles. The number of pyridine rings is 1. The molecular formula is C15H16ClN3O2. The second-order valence-electron chi connectivity index (χ2n) is 4.57. The number of anilines is 2. The monoisotopic (exact) mass is 305 g/mol. The highest BCUT2D eigenvalue weighted by Gasteiger charge is 2.16. The van der Waals surface area contributed by atoms with Crippen LogP contribution in [0.5, 0.6) is 0 Å². The van der Waals surface area contributed by atoms with Crippen LogP contribution in [0, 0.1) is 0 Å². The Morgan fingerprint density at radius 3 is 2.90 bits per heavy atom. The van der Waals surface area contributed by atoms with Crippen molar-refractivity contribution < 1.29 is 9.53 Å². The average Bonchev–Trinajstić information content (AvgIpc) is 2.50. The van der Waals surface area contributed by atoms with Gasteiger partial charge in [-0.05, 0) is 35.9 Å². The minimum atomic E-state index is -0.427. The lowest BCUT2D eigenvalue weighted by Crippen LogP contribution is -2.21. The van der Waals surface area contributed by atoms with Crippen molar-refractivity contribution in [1.29, 1.82) is 0 Å². The predicted molar refractivity (Wildman–Crippen MR) is 83.5 cm³/mol. The van der Waals surface area contributed by atoms with E-state index >= 15 is 0 Å². The molecule has 2 rings (SSSR count). The van der Waals surface area contributed by atoms with Gasteiger partial charge >= 0.3 is 5.97 Å². The van der Waals surface area contributed by atoms with Crippen molar-refractivity contribution in [2.24, 2.45) is 0 Å². The van der Waals surface area contributed by atoms with Gasteiger partial charge in [-0.3, -0.25) is 0 Å². The molecule has 0 amide bonds. The molecule has 0 unspecified atom stereocenters. The molecule has 0 saturated heterocycles. The molecule has 110 valence electrons. The van der Waals surface area contributed by atoms with Gasteiger partial charge in [0.2, 0.25) is 0 Å². The lowest BCUT2D eigenvalue weighted by molar-refractivity contribution is 0.0601. The van der Waals surface area contributed by atoms with Crippen LogP contribution in [-0.2, 0) is 11.3 Å². The Hall–Kier alpha value is -2.27. The standard InChI is InChI=1S/C15H16ClN3O2/c1-19(9-10-8-11(17)5-6-13(10)16)14-12(15(20)21-2)4-3-7-18-14/h3-8H,9,17H2,1-2H3. The first kappa shape index (κ1) is 15.1. The Morgan fingerprint density at radius 1 is 1.43 bits per heavy atom. The Labute approximate surface area is 128 Å². The molecule has 0 aliphatic heterocycles. The van der Waals surface area contributed by atoms with Crippen molar-refractivity contribution in [3.63, 3.8) is 0 Å². The van der Waals surface area contributed by atoms with Crippen molar-refractivity contribution >= 4 is 29.1 Å². The highest BCUT2D eigenvalue weighted by atomic mass is 35.5. The van der Waals surface area contributed by atoms with Crippen LogP contribution in [-0.4, -0.2) is 25.1 Å². The molecule has 1 aromatic heterocycles. The van der Waals surface area contributed by atoms with Gasteiger partial charge in [-0.25, -0.2) is 9.78 Å². The molecule has 1 heterocycles. The number of esters is 1. The van der Waals surface area contributed by atoms with Gasteiger partial charge in [0.1, 0.15) is 11.4 Å². The molecule has 2 aromatic rings. The van der Waals surface area contributed by atoms with Crippen LogP contribution in [0.2, 0.25) is 5.02 Å². The third-order valence-electron chi connectivity index (χ3n) is 3.03. The molecule has 0 atom stereocenters. The number of aromatic nitrogens is 1. The lowest BCUT2D eigenvalue weighted by atomic mass is 10.1. The van der Waals surface area contributed by atoms with Crippen molar-refractivity contribution in [3.8, 4) is 0 Å². The number of hydrogen-bond acceptors (Lipinski definition) is 5. The molecule has 0 bridgehead atoms. The van der Waals surface area contributed by atoms with Crippen LogP contribution < -0.4 is 10.6 Å². The maximum Gasteiger partial charge on any atom is 0.341 e. The van der Waals surface area contributed by atoms with E-state index in [1.165, 1.54) is 7.11 Å². The average molecular weight is 306 g/mol. The van der Waals surface area contributed by atoms with E-state index in [9.17, 15) is 4.79 Å². The van der Waals surface area contributed by atoms with E-state index in [1.54, 1.807) is 36.5 Å². The number of nitrogens with two attached hydrogens (primary N) is 1. The van der Waals surface area contributed by atoms with E-state index < -0.39 is 5.97 Å². The van der Waals surface area contributed by atoms with E-state index in [1.807, 2.05) is 11.9 Å². The van der Waals surface area contributed by atoms with Gasteiger partial charge in [0.25, 0.3) is 0 Å². The first-order valence-electron chi connectivity index (χ1n) is 6.31. The van der Waals surface area contributed by atoms with Gasteiger partial charge in [0.05, 0.1) is 7.11 Å². The smallest absolute Gasteiger partial charge is 0.341 e. The summed E-state index contributed by atoms with van der Waals surface area (Å²) in [5.74, 6) is 0.103. The number of rotatable bonds is 4. The summed E-state index contributed by atoms with van der Waals surface area (Å²) in [6.45, 7) is 0.477. The van der Waals surface area contributed by atoms with Gasteiger partial charge in [0.15, 0.2) is 0 Å². The molecule has 0 spiro atoms. The summed E-state index contributed by atoms with van der Waals surface area (Å²) < 4.78 is 4.77. The van der Waals surface area contributed by atoms with Crippen LogP contribution in [0.1, 0.15) is 15.9 Å². The van der Waals surface area contributed by atoms with Crippen LogP contribution in [0.4, 0.5) is 11.5 Å². The molecule has 0 aliphatic carbocycles. The fourth-order valence-corrected chi connectivity index (χ4v) is 2.19. The Balaban J connectivity index is 2.30. The zero-order chi connectivity index (χ0) is 15.4. The zero-order valence-corrected chi connectivity index (χ0v) is 12.6. The minimum absolute atomic E-state index is 0.405. The molecule has 0 aliphatic rings. The molecule has 0 fully saturated rings. The van der Waals surface area contributed by atoms with E-state index in [2.05, 4.69) is 4.98 Å². The van der Waals surface area contributed by atoms with Gasteiger partial charge < -0.3 is 15.4 Å². The van der Waals surface area contributed by atoms with Gasteiger partial charge in [-0.2, -0.15) is 0 Å². The molecule has 2 N–H and O–H groups in total. The second kappa shape index (κ2) is 6.45. The topological polar surface area (TPSA) is 68.5 Å². The minimum Gasteiger partial charge on any atom is -0.465 e. The third kappa shape index (κ3) is 3.44. The summed E-state index contributed by atoms with van der Waals surface area (Å²) in [6.07, 6.45) is 1.62. The Kier molecular flexibility index (Phi) is 4.65. The lowest BCUT2D eigenvalue weighted by Gasteiger charge is -2.21. The van der Waals surface area contributed by atoms with E-state index in [0.717, 1.165) is 5.56 Å². The largest absolute Gasteiger partial charge is 0.465 e. The molecule has 6 heteroatoms. The maximum absolute atomic E-state index is 11.8. The highest BCUT2D eigenvalue weighted by molar-refractivity contribution is 6.31. The summed E-state index contributed by atoms with van der Waals surface area (Å²) in [5.41, 5.74) is 7.68. The summed E-state index contributed by atoms with van der Waals surface area (Å²) in [5, 5.41) is 0.617. The number of nitrogens with zero attached hydrogens (tertiary/aromatic N) is 2. The van der Waals surface area contributed by atoms with Crippen LogP contribution in [0.15, 0.2) is 36.5 Å². The number of halogens is 1. The number of hydrogen-bond donors (Lipinski definition) is 1. The first-order valence-corrected chi connectivity index (χ1v) is 6.69. The Morgan fingerprint density at radius 2 is 2.19 bits per heavy atom. The third-order valence-corrected chi connectivity index (χ3v) is 3.40. The molecular weight excluding hydrogens is 290 g/mol. The number of ether oxygens (including phenoxy) is 1. The van der Waals surface area contributed by atoms with Crippen LogP contribution >= 0.6 is 11.6 Å². The van der Waals surface area contributed by atoms with Crippen molar-refractivity contribution in [1.82, 2.24) is 4.98 Å². The Bertz CT molecular complexity index is 661. The van der Waals surface area contributed by atoms with E-state index in [0.29, 0.717) is 28.6 Å². The molecule has 0 saturated carbocycles. The van der Waals surface area contributed by atoms with Crippen LogP contribution in [0.25, 0.3) is 0 Å². The highest BCUT2D eigenvalue weighted by Crippen LogP contribution is 2.24.